The highest BCUT2D eigenvalue weighted by Crippen LogP contribution is 2.47. The smallest absolute Gasteiger partial charge is 0.303 e. The number of aliphatic carboxylic acids is 1. The van der Waals surface area contributed by atoms with Gasteiger partial charge in [-0.05, 0) is 60.4 Å². The van der Waals surface area contributed by atoms with E-state index in [2.05, 4.69) is 10.6 Å². The first-order valence-electron chi connectivity index (χ1n) is 15.4. The quantitative estimate of drug-likeness (QED) is 0.198. The highest BCUT2D eigenvalue weighted by Gasteiger charge is 2.40. The molecule has 0 bridgehead atoms. The van der Waals surface area contributed by atoms with Gasteiger partial charge in [-0.15, -0.1) is 0 Å². The predicted molar refractivity (Wildman–Crippen MR) is 180 cm³/mol. The molecule has 0 aromatic heterocycles. The van der Waals surface area contributed by atoms with Crippen LogP contribution in [0.1, 0.15) is 70.1 Å². The number of ether oxygens (including phenoxy) is 4. The molecule has 0 spiro atoms. The number of carboxylic acids is 1. The SMILES string of the molecule is COc1cccc([C@H]2O[C@H](CC(=O)NC3=C(Cl)C=CC(CCC(=O)O)(CC(C)(C)COC(C)=O)C3)C(=O)Nc3ccc(Cl)cc32)c1OC. The molecular weight excluding hydrogens is 663 g/mol. The number of benzene rings is 2. The lowest BCUT2D eigenvalue weighted by molar-refractivity contribution is -0.144. The van der Waals surface area contributed by atoms with E-state index >= 15 is 0 Å². The second-order valence-corrected chi connectivity index (χ2v) is 13.6. The van der Waals surface area contributed by atoms with Crippen molar-refractivity contribution in [1.82, 2.24) is 5.32 Å². The zero-order chi connectivity index (χ0) is 35.2. The maximum atomic E-state index is 13.6. The number of rotatable bonds is 13. The third kappa shape index (κ3) is 9.09. The number of carbonyl (C=O) groups excluding carboxylic acids is 3. The molecule has 3 atom stereocenters. The number of hydrogen-bond donors (Lipinski definition) is 3. The number of carbonyl (C=O) groups is 4. The Morgan fingerprint density at radius 3 is 2.54 bits per heavy atom. The molecule has 0 radical (unpaired) electrons. The Hall–Kier alpha value is -4.06. The molecule has 0 saturated heterocycles. The summed E-state index contributed by atoms with van der Waals surface area (Å²) in [7, 11) is 3.01. The summed E-state index contributed by atoms with van der Waals surface area (Å²) in [5.74, 6) is -1.60. The molecule has 2 aromatic carbocycles. The van der Waals surface area contributed by atoms with Crippen LogP contribution in [-0.4, -0.2) is 55.8 Å². The number of para-hydroxylation sites is 1. The summed E-state index contributed by atoms with van der Waals surface area (Å²) in [5, 5.41) is 15.9. The summed E-state index contributed by atoms with van der Waals surface area (Å²) in [5.41, 5.74) is 0.734. The fraction of sp³-hybridized carbons (Fsp3) is 0.429. The van der Waals surface area contributed by atoms with Crippen molar-refractivity contribution in [1.29, 1.82) is 0 Å². The van der Waals surface area contributed by atoms with E-state index in [9.17, 15) is 24.3 Å². The van der Waals surface area contributed by atoms with Crippen LogP contribution in [0.3, 0.4) is 0 Å². The number of fused-ring (bicyclic) bond motifs is 1. The van der Waals surface area contributed by atoms with Crippen LogP contribution in [0, 0.1) is 10.8 Å². The molecule has 3 N–H and O–H groups in total. The van der Waals surface area contributed by atoms with E-state index in [-0.39, 0.29) is 37.3 Å². The summed E-state index contributed by atoms with van der Waals surface area (Å²) in [6.45, 7) is 5.30. The van der Waals surface area contributed by atoms with Gasteiger partial charge in [0.2, 0.25) is 5.91 Å². The minimum absolute atomic E-state index is 0.122. The van der Waals surface area contributed by atoms with Crippen molar-refractivity contribution in [3.05, 3.63) is 75.4 Å². The minimum Gasteiger partial charge on any atom is -0.493 e. The number of nitrogens with one attached hydrogen (secondary N) is 2. The van der Waals surface area contributed by atoms with E-state index in [1.807, 2.05) is 19.9 Å². The van der Waals surface area contributed by atoms with Crippen LogP contribution in [0.15, 0.2) is 59.3 Å². The van der Waals surface area contributed by atoms with Gasteiger partial charge in [0.15, 0.2) is 11.5 Å². The van der Waals surface area contributed by atoms with Gasteiger partial charge in [-0.2, -0.15) is 0 Å². The number of halogens is 2. The van der Waals surface area contributed by atoms with Gasteiger partial charge >= 0.3 is 11.9 Å². The van der Waals surface area contributed by atoms with Gasteiger partial charge in [0.05, 0.1) is 32.3 Å². The molecule has 1 heterocycles. The average molecular weight is 704 g/mol. The van der Waals surface area contributed by atoms with Gasteiger partial charge in [-0.1, -0.05) is 55.3 Å². The van der Waals surface area contributed by atoms with E-state index < -0.39 is 46.8 Å². The number of hydrogen-bond acceptors (Lipinski definition) is 8. The number of amides is 2. The lowest BCUT2D eigenvalue weighted by Crippen LogP contribution is -2.38. The molecular formula is C35H40Cl2N2O9. The molecule has 1 aliphatic heterocycles. The van der Waals surface area contributed by atoms with Gasteiger partial charge in [0.25, 0.3) is 5.91 Å². The van der Waals surface area contributed by atoms with Gasteiger partial charge in [-0.25, -0.2) is 0 Å². The van der Waals surface area contributed by atoms with E-state index in [1.54, 1.807) is 42.5 Å². The number of methoxy groups -OCH3 is 2. The highest BCUT2D eigenvalue weighted by molar-refractivity contribution is 6.31. The zero-order valence-corrected chi connectivity index (χ0v) is 29.0. The molecule has 1 aliphatic carbocycles. The summed E-state index contributed by atoms with van der Waals surface area (Å²) in [6, 6.07) is 10.3. The van der Waals surface area contributed by atoms with Gasteiger partial charge in [0, 0.05) is 40.9 Å². The Labute approximate surface area is 289 Å². The molecule has 0 saturated carbocycles. The zero-order valence-electron chi connectivity index (χ0n) is 27.5. The first-order valence-corrected chi connectivity index (χ1v) is 16.1. The molecule has 48 heavy (non-hydrogen) atoms. The van der Waals surface area contributed by atoms with Gasteiger partial charge in [-0.3, -0.25) is 19.2 Å². The molecule has 4 rings (SSSR count). The van der Waals surface area contributed by atoms with Crippen LogP contribution in [0.4, 0.5) is 5.69 Å². The highest BCUT2D eigenvalue weighted by atomic mass is 35.5. The van der Waals surface area contributed by atoms with Crippen LogP contribution in [0.2, 0.25) is 5.02 Å². The predicted octanol–water partition coefficient (Wildman–Crippen LogP) is 6.53. The Morgan fingerprint density at radius 2 is 1.88 bits per heavy atom. The summed E-state index contributed by atoms with van der Waals surface area (Å²) >= 11 is 12.9. The van der Waals surface area contributed by atoms with Crippen LogP contribution in [-0.2, 0) is 28.7 Å². The Morgan fingerprint density at radius 1 is 1.12 bits per heavy atom. The van der Waals surface area contributed by atoms with Crippen LogP contribution >= 0.6 is 23.2 Å². The molecule has 0 fully saturated rings. The monoisotopic (exact) mass is 702 g/mol. The van der Waals surface area contributed by atoms with Crippen molar-refractivity contribution in [2.24, 2.45) is 10.8 Å². The van der Waals surface area contributed by atoms with Crippen LogP contribution in [0.5, 0.6) is 11.5 Å². The largest absolute Gasteiger partial charge is 0.493 e. The summed E-state index contributed by atoms with van der Waals surface area (Å²) < 4.78 is 22.8. The van der Waals surface area contributed by atoms with Crippen LogP contribution < -0.4 is 20.1 Å². The van der Waals surface area contributed by atoms with Crippen LogP contribution in [0.25, 0.3) is 0 Å². The lowest BCUT2D eigenvalue weighted by Gasteiger charge is -2.40. The van der Waals surface area contributed by atoms with Crippen molar-refractivity contribution in [2.45, 2.75) is 65.1 Å². The van der Waals surface area contributed by atoms with Gasteiger partial charge < -0.3 is 34.7 Å². The average Bonchev–Trinajstić information content (AvgIpc) is 3.15. The fourth-order valence-electron chi connectivity index (χ4n) is 6.25. The maximum absolute atomic E-state index is 13.6. The van der Waals surface area contributed by atoms with E-state index in [1.165, 1.54) is 21.1 Å². The normalized spacial score (nSPS) is 20.7. The molecule has 2 amide bonds. The fourth-order valence-corrected chi connectivity index (χ4v) is 6.61. The molecule has 2 aliphatic rings. The lowest BCUT2D eigenvalue weighted by atomic mass is 9.67. The molecule has 258 valence electrons. The van der Waals surface area contributed by atoms with Crippen molar-refractivity contribution in [3.63, 3.8) is 0 Å². The second kappa shape index (κ2) is 15.4. The first kappa shape index (κ1) is 36.8. The van der Waals surface area contributed by atoms with Crippen molar-refractivity contribution >= 4 is 52.6 Å². The van der Waals surface area contributed by atoms with Gasteiger partial charge in [0.1, 0.15) is 12.2 Å². The molecule has 13 heteroatoms. The topological polar surface area (TPSA) is 149 Å². The van der Waals surface area contributed by atoms with Crippen molar-refractivity contribution in [2.75, 3.05) is 26.1 Å². The molecule has 2 aromatic rings. The number of esters is 1. The Kier molecular flexibility index (Phi) is 11.8. The van der Waals surface area contributed by atoms with E-state index in [4.69, 9.17) is 42.1 Å². The number of carboxylic acid groups (broad SMARTS) is 1. The molecule has 1 unspecified atom stereocenters. The van der Waals surface area contributed by atoms with Crippen molar-refractivity contribution < 1.29 is 43.2 Å². The second-order valence-electron chi connectivity index (χ2n) is 12.8. The first-order chi connectivity index (χ1) is 22.7. The Balaban J connectivity index is 1.59. The standard InChI is InChI=1S/C35H40Cl2N2O9/c1-20(40)47-19-34(2,3)18-35(14-12-30(42)43)13-11-24(37)26(17-35)38-29(41)16-28-33(44)39-25-10-9-21(36)15-23(25)31(48-28)22-7-6-8-27(45-4)32(22)46-5/h6-11,13,15,28,31H,12,14,16-19H2,1-5H3,(H,38,41)(H,39,44)(H,42,43)/t28-,31-,35?/m1/s1. The molecule has 11 nitrogen and oxygen atoms in total. The summed E-state index contributed by atoms with van der Waals surface area (Å²) in [6.07, 6.45) is 1.82. The number of anilines is 1. The van der Waals surface area contributed by atoms with Crippen molar-refractivity contribution in [3.8, 4) is 11.5 Å². The van der Waals surface area contributed by atoms with E-state index in [0.717, 1.165) is 0 Å². The number of allylic oxidation sites excluding steroid dienone is 4. The third-order valence-electron chi connectivity index (χ3n) is 8.26. The Bertz CT molecular complexity index is 1640. The summed E-state index contributed by atoms with van der Waals surface area (Å²) in [4.78, 5) is 50.2. The minimum atomic E-state index is -1.24. The third-order valence-corrected chi connectivity index (χ3v) is 8.85. The van der Waals surface area contributed by atoms with E-state index in [0.29, 0.717) is 45.5 Å². The maximum Gasteiger partial charge on any atom is 0.303 e.